The number of carbonyl (C=O) groups is 1. The smallest absolute Gasteiger partial charge is 0.335 e. The first kappa shape index (κ1) is 14.3. The number of carboxylic acids is 1. The largest absolute Gasteiger partial charge is 0.508 e. The molecular weight excluding hydrogens is 309 g/mol. The van der Waals surface area contributed by atoms with Crippen molar-refractivity contribution >= 4 is 28.5 Å². The number of benzene rings is 2. The summed E-state index contributed by atoms with van der Waals surface area (Å²) in [6.45, 7) is 0. The molecule has 0 saturated carbocycles. The molecule has 4 nitrogen and oxygen atoms in total. The SMILES string of the molecule is O=C(O)c1ccc(-c2cc(F)c3cc(O)ccc3n2)c(Cl)c1. The average molecular weight is 318 g/mol. The summed E-state index contributed by atoms with van der Waals surface area (Å²) in [6.07, 6.45) is 0. The van der Waals surface area contributed by atoms with E-state index < -0.39 is 11.8 Å². The molecule has 3 rings (SSSR count). The molecule has 3 aromatic rings. The van der Waals surface area contributed by atoms with Crippen LogP contribution in [0.4, 0.5) is 4.39 Å². The molecule has 1 aromatic heterocycles. The number of hydrogen-bond acceptors (Lipinski definition) is 3. The van der Waals surface area contributed by atoms with Crippen LogP contribution < -0.4 is 0 Å². The third-order valence-corrected chi connectivity index (χ3v) is 3.55. The van der Waals surface area contributed by atoms with Crippen LogP contribution in [-0.4, -0.2) is 21.2 Å². The van der Waals surface area contributed by atoms with Crippen molar-refractivity contribution in [2.75, 3.05) is 0 Å². The first-order chi connectivity index (χ1) is 10.5. The number of hydrogen-bond donors (Lipinski definition) is 2. The van der Waals surface area contributed by atoms with Crippen molar-refractivity contribution in [2.24, 2.45) is 0 Å². The van der Waals surface area contributed by atoms with Crippen LogP contribution in [0, 0.1) is 5.82 Å². The maximum atomic E-state index is 14.2. The Kier molecular flexibility index (Phi) is 3.42. The zero-order valence-electron chi connectivity index (χ0n) is 11.0. The average Bonchev–Trinajstić information content (AvgIpc) is 2.47. The van der Waals surface area contributed by atoms with Gasteiger partial charge in [-0.15, -0.1) is 0 Å². The van der Waals surface area contributed by atoms with Crippen molar-refractivity contribution in [1.29, 1.82) is 0 Å². The Morgan fingerprint density at radius 2 is 1.91 bits per heavy atom. The van der Waals surface area contributed by atoms with Crippen molar-refractivity contribution in [2.45, 2.75) is 0 Å². The van der Waals surface area contributed by atoms with Gasteiger partial charge in [0.05, 0.1) is 21.8 Å². The van der Waals surface area contributed by atoms with Crippen LogP contribution in [0.15, 0.2) is 42.5 Å². The van der Waals surface area contributed by atoms with Crippen LogP contribution >= 0.6 is 11.6 Å². The number of phenolic OH excluding ortho intramolecular Hbond substituents is 1. The number of aromatic nitrogens is 1. The molecule has 0 radical (unpaired) electrons. The van der Waals surface area contributed by atoms with E-state index in [0.717, 1.165) is 0 Å². The van der Waals surface area contributed by atoms with Gasteiger partial charge in [-0.3, -0.25) is 0 Å². The quantitative estimate of drug-likeness (QED) is 0.746. The fourth-order valence-corrected chi connectivity index (χ4v) is 2.44. The molecule has 0 fully saturated rings. The van der Waals surface area contributed by atoms with E-state index in [-0.39, 0.29) is 27.4 Å². The molecule has 6 heteroatoms. The van der Waals surface area contributed by atoms with Gasteiger partial charge in [-0.05, 0) is 30.3 Å². The van der Waals surface area contributed by atoms with Crippen molar-refractivity contribution in [3.63, 3.8) is 0 Å². The van der Waals surface area contributed by atoms with Gasteiger partial charge < -0.3 is 10.2 Å². The van der Waals surface area contributed by atoms with Crippen LogP contribution in [0.3, 0.4) is 0 Å². The van der Waals surface area contributed by atoms with Gasteiger partial charge in [0.1, 0.15) is 11.6 Å². The van der Waals surface area contributed by atoms with E-state index in [1.54, 1.807) is 0 Å². The van der Waals surface area contributed by atoms with Crippen molar-refractivity contribution in [3.8, 4) is 17.0 Å². The molecule has 0 spiro atoms. The number of pyridine rings is 1. The summed E-state index contributed by atoms with van der Waals surface area (Å²) < 4.78 is 14.2. The number of rotatable bonds is 2. The minimum Gasteiger partial charge on any atom is -0.508 e. The molecule has 0 bridgehead atoms. The number of phenols is 1. The lowest BCUT2D eigenvalue weighted by Gasteiger charge is -2.08. The molecule has 0 atom stereocenters. The minimum atomic E-state index is -1.10. The lowest BCUT2D eigenvalue weighted by molar-refractivity contribution is 0.0697. The van der Waals surface area contributed by atoms with E-state index in [1.165, 1.54) is 42.5 Å². The van der Waals surface area contributed by atoms with Gasteiger partial charge in [0.15, 0.2) is 0 Å². The van der Waals surface area contributed by atoms with Gasteiger partial charge in [0.25, 0.3) is 0 Å². The van der Waals surface area contributed by atoms with Gasteiger partial charge in [-0.1, -0.05) is 17.7 Å². The predicted octanol–water partition coefficient (Wildman–Crippen LogP) is 4.10. The number of nitrogens with zero attached hydrogens (tertiary/aromatic N) is 1. The highest BCUT2D eigenvalue weighted by atomic mass is 35.5. The summed E-state index contributed by atoms with van der Waals surface area (Å²) >= 11 is 6.07. The van der Waals surface area contributed by atoms with Crippen molar-refractivity contribution in [3.05, 3.63) is 58.9 Å². The maximum absolute atomic E-state index is 14.2. The molecule has 0 saturated heterocycles. The van der Waals surface area contributed by atoms with Gasteiger partial charge in [0.2, 0.25) is 0 Å². The van der Waals surface area contributed by atoms with Crippen LogP contribution in [0.2, 0.25) is 5.02 Å². The van der Waals surface area contributed by atoms with Gasteiger partial charge in [0, 0.05) is 17.0 Å². The maximum Gasteiger partial charge on any atom is 0.335 e. The second-order valence-electron chi connectivity index (χ2n) is 4.69. The normalized spacial score (nSPS) is 10.8. The van der Waals surface area contributed by atoms with Crippen LogP contribution in [0.5, 0.6) is 5.75 Å². The lowest BCUT2D eigenvalue weighted by atomic mass is 10.1. The first-order valence-corrected chi connectivity index (χ1v) is 6.66. The number of halogens is 2. The summed E-state index contributed by atoms with van der Waals surface area (Å²) in [5, 5.41) is 18.7. The lowest BCUT2D eigenvalue weighted by Crippen LogP contribution is -1.97. The van der Waals surface area contributed by atoms with E-state index >= 15 is 0 Å². The van der Waals surface area contributed by atoms with Crippen molar-refractivity contribution in [1.82, 2.24) is 4.98 Å². The Morgan fingerprint density at radius 3 is 2.59 bits per heavy atom. The topological polar surface area (TPSA) is 70.4 Å². The molecule has 0 unspecified atom stereocenters. The Balaban J connectivity index is 2.18. The van der Waals surface area contributed by atoms with E-state index in [9.17, 15) is 14.3 Å². The molecule has 2 aromatic carbocycles. The Hall–Kier alpha value is -2.66. The second kappa shape index (κ2) is 5.27. The van der Waals surface area contributed by atoms with Crippen LogP contribution in [0.25, 0.3) is 22.2 Å². The van der Waals surface area contributed by atoms with E-state index in [0.29, 0.717) is 11.1 Å². The molecular formula is C16H9ClFNO3. The number of fused-ring (bicyclic) bond motifs is 1. The summed E-state index contributed by atoms with van der Waals surface area (Å²) in [4.78, 5) is 15.2. The molecule has 22 heavy (non-hydrogen) atoms. The van der Waals surface area contributed by atoms with Crippen LogP contribution in [0.1, 0.15) is 10.4 Å². The highest BCUT2D eigenvalue weighted by molar-refractivity contribution is 6.33. The highest BCUT2D eigenvalue weighted by Crippen LogP contribution is 2.31. The molecule has 0 amide bonds. The Morgan fingerprint density at radius 1 is 1.14 bits per heavy atom. The molecule has 1 heterocycles. The fourth-order valence-electron chi connectivity index (χ4n) is 2.17. The third kappa shape index (κ3) is 2.46. The molecule has 0 aliphatic carbocycles. The molecule has 0 aliphatic rings. The third-order valence-electron chi connectivity index (χ3n) is 3.23. The van der Waals surface area contributed by atoms with Crippen LogP contribution in [-0.2, 0) is 0 Å². The summed E-state index contributed by atoms with van der Waals surface area (Å²) in [6, 6.07) is 9.55. The zero-order valence-corrected chi connectivity index (χ0v) is 11.8. The van der Waals surface area contributed by atoms with Gasteiger partial charge >= 0.3 is 5.97 Å². The highest BCUT2D eigenvalue weighted by Gasteiger charge is 2.13. The monoisotopic (exact) mass is 317 g/mol. The molecule has 2 N–H and O–H groups in total. The number of aromatic hydroxyl groups is 1. The van der Waals surface area contributed by atoms with E-state index in [2.05, 4.69) is 4.98 Å². The summed E-state index contributed by atoms with van der Waals surface area (Å²) in [7, 11) is 0. The fraction of sp³-hybridized carbons (Fsp3) is 0. The Labute approximate surface area is 129 Å². The van der Waals surface area contributed by atoms with E-state index in [4.69, 9.17) is 16.7 Å². The second-order valence-corrected chi connectivity index (χ2v) is 5.10. The first-order valence-electron chi connectivity index (χ1n) is 6.28. The summed E-state index contributed by atoms with van der Waals surface area (Å²) in [5.41, 5.74) is 1.13. The zero-order chi connectivity index (χ0) is 15.9. The van der Waals surface area contributed by atoms with Gasteiger partial charge in [-0.25, -0.2) is 14.2 Å². The standard InChI is InChI=1S/C16H9ClFNO3/c17-12-5-8(16(21)22)1-3-10(12)15-7-13(18)11-6-9(20)2-4-14(11)19-15/h1-7,20H,(H,21,22). The molecule has 0 aliphatic heterocycles. The van der Waals surface area contributed by atoms with Gasteiger partial charge in [-0.2, -0.15) is 0 Å². The minimum absolute atomic E-state index is 0.0416. The number of aromatic carboxylic acids is 1. The molecule has 110 valence electrons. The van der Waals surface area contributed by atoms with E-state index in [1.807, 2.05) is 0 Å². The van der Waals surface area contributed by atoms with Crippen molar-refractivity contribution < 1.29 is 19.4 Å². The predicted molar refractivity (Wildman–Crippen MR) is 80.8 cm³/mol. The number of carboxylic acid groups (broad SMARTS) is 1. The summed E-state index contributed by atoms with van der Waals surface area (Å²) in [5.74, 6) is -1.69. The Bertz CT molecular complexity index is 911.